The van der Waals surface area contributed by atoms with Gasteiger partial charge in [-0.1, -0.05) is 6.07 Å². The molecule has 0 aliphatic carbocycles. The van der Waals surface area contributed by atoms with Gasteiger partial charge in [0.25, 0.3) is 5.91 Å². The third-order valence-corrected chi connectivity index (χ3v) is 8.90. The molecule has 0 radical (unpaired) electrons. The number of hydrogen-bond acceptors (Lipinski definition) is 8. The molecule has 0 bridgehead atoms. The van der Waals surface area contributed by atoms with Crippen molar-refractivity contribution in [1.82, 2.24) is 25.1 Å². The molecule has 4 aliphatic heterocycles. The number of morpholine rings is 1. The van der Waals surface area contributed by atoms with Crippen LogP contribution < -0.4 is 15.0 Å². The van der Waals surface area contributed by atoms with E-state index in [1.54, 1.807) is 0 Å². The zero-order chi connectivity index (χ0) is 28.0. The number of fused-ring (bicyclic) bond motifs is 2. The topological polar surface area (TPSA) is 83.1 Å². The zero-order valence-corrected chi connectivity index (χ0v) is 24.1. The molecule has 1 unspecified atom stereocenters. The minimum Gasteiger partial charge on any atom is -0.489 e. The summed E-state index contributed by atoms with van der Waals surface area (Å²) >= 11 is 0. The first-order valence-corrected chi connectivity index (χ1v) is 15.1. The van der Waals surface area contributed by atoms with Gasteiger partial charge in [-0.3, -0.25) is 9.69 Å². The van der Waals surface area contributed by atoms with Crippen molar-refractivity contribution in [3.63, 3.8) is 0 Å². The van der Waals surface area contributed by atoms with E-state index >= 15 is 0 Å². The number of rotatable bonds is 6. The van der Waals surface area contributed by atoms with Gasteiger partial charge in [0.15, 0.2) is 0 Å². The van der Waals surface area contributed by atoms with Gasteiger partial charge >= 0.3 is 0 Å². The fourth-order valence-electron chi connectivity index (χ4n) is 6.79. The van der Waals surface area contributed by atoms with Gasteiger partial charge in [-0.2, -0.15) is 0 Å². The highest BCUT2D eigenvalue weighted by Crippen LogP contribution is 2.31. The highest BCUT2D eigenvalue weighted by Gasteiger charge is 2.34. The molecule has 3 fully saturated rings. The number of aromatic nitrogens is 2. The van der Waals surface area contributed by atoms with E-state index in [4.69, 9.17) is 14.5 Å². The molecule has 41 heavy (non-hydrogen) atoms. The molecule has 0 saturated carbocycles. The maximum absolute atomic E-state index is 13.0. The summed E-state index contributed by atoms with van der Waals surface area (Å²) in [6, 6.07) is 12.8. The van der Waals surface area contributed by atoms with Crippen LogP contribution in [0.25, 0.3) is 10.9 Å². The molecule has 1 amide bonds. The standard InChI is InChI=1S/C32H40N6O3/c1-32(2)21-37(12-13-40-32)31-34-16-23-14-22(5-8-29(23)35-31)18-36-11-9-27(20-36)41-26-6-7-28-24(15-26)19-38(30(28)39)25-4-3-10-33-17-25/h5-8,14-16,25,27,33H,3-4,9-13,17-21H2,1-2H3/t25?,27-/m0/s1. The van der Waals surface area contributed by atoms with E-state index in [0.717, 1.165) is 98.8 Å². The van der Waals surface area contributed by atoms with Gasteiger partial charge in [0, 0.05) is 69.0 Å². The minimum absolute atomic E-state index is 0.146. The molecular formula is C32H40N6O3. The largest absolute Gasteiger partial charge is 0.489 e. The number of carbonyl (C=O) groups excluding carboxylic acids is 1. The third-order valence-electron chi connectivity index (χ3n) is 8.90. The number of amides is 1. The number of likely N-dealkylation sites (tertiary alicyclic amines) is 1. The van der Waals surface area contributed by atoms with Crippen LogP contribution in [0.2, 0.25) is 0 Å². The Kier molecular flexibility index (Phi) is 7.05. The molecule has 2 atom stereocenters. The number of carbonyl (C=O) groups is 1. The number of benzene rings is 2. The summed E-state index contributed by atoms with van der Waals surface area (Å²) in [7, 11) is 0. The molecular weight excluding hydrogens is 516 g/mol. The Bertz CT molecular complexity index is 1440. The van der Waals surface area contributed by atoms with Crippen LogP contribution in [0.5, 0.6) is 5.75 Å². The van der Waals surface area contributed by atoms with Gasteiger partial charge < -0.3 is 24.6 Å². The first kappa shape index (κ1) is 26.6. The van der Waals surface area contributed by atoms with Crippen molar-refractivity contribution in [2.75, 3.05) is 50.8 Å². The van der Waals surface area contributed by atoms with E-state index in [9.17, 15) is 4.79 Å². The molecule has 9 heteroatoms. The summed E-state index contributed by atoms with van der Waals surface area (Å²) in [6.45, 7) is 11.9. The van der Waals surface area contributed by atoms with Gasteiger partial charge in [0.2, 0.25) is 5.95 Å². The van der Waals surface area contributed by atoms with Crippen LogP contribution in [0.4, 0.5) is 5.95 Å². The average molecular weight is 557 g/mol. The minimum atomic E-state index is -0.190. The number of hydrogen-bond donors (Lipinski definition) is 1. The summed E-state index contributed by atoms with van der Waals surface area (Å²) in [6.07, 6.45) is 5.29. The predicted molar refractivity (Wildman–Crippen MR) is 158 cm³/mol. The molecule has 0 spiro atoms. The number of nitrogens with one attached hydrogen (secondary N) is 1. The number of nitrogens with zero attached hydrogens (tertiary/aromatic N) is 5. The Labute approximate surface area is 241 Å². The van der Waals surface area contributed by atoms with Crippen LogP contribution in [0, 0.1) is 0 Å². The van der Waals surface area contributed by atoms with Crippen molar-refractivity contribution in [2.45, 2.75) is 63.9 Å². The Morgan fingerprint density at radius 3 is 2.93 bits per heavy atom. The monoisotopic (exact) mass is 556 g/mol. The fraction of sp³-hybridized carbons (Fsp3) is 0.531. The zero-order valence-electron chi connectivity index (χ0n) is 24.1. The van der Waals surface area contributed by atoms with Gasteiger partial charge in [0.05, 0.1) is 17.7 Å². The molecule has 4 aliphatic rings. The van der Waals surface area contributed by atoms with Crippen molar-refractivity contribution < 1.29 is 14.3 Å². The second-order valence-electron chi connectivity index (χ2n) is 12.6. The molecule has 9 nitrogen and oxygen atoms in total. The van der Waals surface area contributed by atoms with Gasteiger partial charge in [-0.05, 0) is 81.1 Å². The summed E-state index contributed by atoms with van der Waals surface area (Å²) in [5.74, 6) is 1.81. The van der Waals surface area contributed by atoms with Crippen molar-refractivity contribution in [2.24, 2.45) is 0 Å². The molecule has 3 saturated heterocycles. The number of ether oxygens (including phenoxy) is 2. The highest BCUT2D eigenvalue weighted by atomic mass is 16.5. The summed E-state index contributed by atoms with van der Waals surface area (Å²) in [5.41, 5.74) is 3.96. The number of piperidine rings is 1. The Morgan fingerprint density at radius 2 is 2.07 bits per heavy atom. The first-order chi connectivity index (χ1) is 19.9. The van der Waals surface area contributed by atoms with Crippen LogP contribution in [0.3, 0.4) is 0 Å². The van der Waals surface area contributed by atoms with Crippen LogP contribution in [0.15, 0.2) is 42.6 Å². The highest BCUT2D eigenvalue weighted by molar-refractivity contribution is 5.98. The van der Waals surface area contributed by atoms with Crippen molar-refractivity contribution in [1.29, 1.82) is 0 Å². The van der Waals surface area contributed by atoms with Crippen LogP contribution in [0.1, 0.15) is 54.6 Å². The van der Waals surface area contributed by atoms with Gasteiger partial charge in [-0.15, -0.1) is 0 Å². The second-order valence-corrected chi connectivity index (χ2v) is 12.6. The first-order valence-electron chi connectivity index (χ1n) is 15.1. The lowest BCUT2D eigenvalue weighted by atomic mass is 10.1. The summed E-state index contributed by atoms with van der Waals surface area (Å²) in [5, 5.41) is 4.50. The van der Waals surface area contributed by atoms with E-state index in [0.29, 0.717) is 13.2 Å². The quantitative estimate of drug-likeness (QED) is 0.493. The molecule has 1 aromatic heterocycles. The van der Waals surface area contributed by atoms with Gasteiger partial charge in [-0.25, -0.2) is 9.97 Å². The van der Waals surface area contributed by atoms with Crippen molar-refractivity contribution >= 4 is 22.8 Å². The van der Waals surface area contributed by atoms with E-state index in [2.05, 4.69) is 58.2 Å². The average Bonchev–Trinajstić information content (AvgIpc) is 3.55. The predicted octanol–water partition coefficient (Wildman–Crippen LogP) is 3.61. The molecule has 7 rings (SSSR count). The van der Waals surface area contributed by atoms with E-state index in [1.165, 1.54) is 5.56 Å². The molecule has 216 valence electrons. The van der Waals surface area contributed by atoms with Crippen molar-refractivity contribution in [3.05, 3.63) is 59.3 Å². The van der Waals surface area contributed by atoms with Gasteiger partial charge in [0.1, 0.15) is 11.9 Å². The molecule has 1 N–H and O–H groups in total. The van der Waals surface area contributed by atoms with Crippen LogP contribution in [-0.4, -0.2) is 89.3 Å². The number of anilines is 1. The SMILES string of the molecule is CC1(C)CN(c2ncc3cc(CN4CC[C@H](Oc5ccc6c(c5)CN(C5CCCNC5)C6=O)C4)ccc3n2)CCO1. The lowest BCUT2D eigenvalue weighted by Crippen LogP contribution is -2.48. The molecule has 3 aromatic rings. The Morgan fingerprint density at radius 1 is 1.15 bits per heavy atom. The van der Waals surface area contributed by atoms with E-state index in [1.807, 2.05) is 23.2 Å². The maximum Gasteiger partial charge on any atom is 0.254 e. The Hall–Kier alpha value is -3.27. The fourth-order valence-corrected chi connectivity index (χ4v) is 6.79. The normalized spacial score (nSPS) is 24.7. The van der Waals surface area contributed by atoms with Crippen molar-refractivity contribution in [3.8, 4) is 5.75 Å². The maximum atomic E-state index is 13.0. The lowest BCUT2D eigenvalue weighted by Gasteiger charge is -2.38. The smallest absolute Gasteiger partial charge is 0.254 e. The van der Waals surface area contributed by atoms with E-state index in [-0.39, 0.29) is 23.7 Å². The van der Waals surface area contributed by atoms with Crippen LogP contribution >= 0.6 is 0 Å². The summed E-state index contributed by atoms with van der Waals surface area (Å²) in [4.78, 5) is 29.2. The van der Waals surface area contributed by atoms with Crippen LogP contribution in [-0.2, 0) is 17.8 Å². The van der Waals surface area contributed by atoms with E-state index < -0.39 is 0 Å². The molecule has 2 aromatic carbocycles. The second kappa shape index (κ2) is 10.9. The Balaban J connectivity index is 0.956. The molecule has 5 heterocycles. The summed E-state index contributed by atoms with van der Waals surface area (Å²) < 4.78 is 12.3. The third kappa shape index (κ3) is 5.63. The lowest BCUT2D eigenvalue weighted by molar-refractivity contribution is -0.0281.